The minimum Gasteiger partial charge on any atom is -0.383 e. The van der Waals surface area contributed by atoms with Crippen LogP contribution in [0.15, 0.2) is 48.5 Å². The van der Waals surface area contributed by atoms with Crippen LogP contribution in [0.2, 0.25) is 0 Å². The number of anilines is 1. The summed E-state index contributed by atoms with van der Waals surface area (Å²) < 4.78 is 2.20. The van der Waals surface area contributed by atoms with E-state index in [1.54, 1.807) is 0 Å². The van der Waals surface area contributed by atoms with Gasteiger partial charge in [-0.15, -0.1) is 10.2 Å². The molecule has 0 saturated heterocycles. The van der Waals surface area contributed by atoms with Crippen molar-refractivity contribution in [2.24, 2.45) is 0 Å². The van der Waals surface area contributed by atoms with Gasteiger partial charge in [-0.05, 0) is 24.6 Å². The lowest BCUT2D eigenvalue weighted by Crippen LogP contribution is -2.09. The third-order valence-corrected chi connectivity index (χ3v) is 4.15. The van der Waals surface area contributed by atoms with Gasteiger partial charge in [0.1, 0.15) is 5.82 Å². The summed E-state index contributed by atoms with van der Waals surface area (Å²) in [5, 5.41) is 12.5. The number of hydrogen-bond acceptors (Lipinski definition) is 3. The molecule has 22 heavy (non-hydrogen) atoms. The Labute approximate surface area is 129 Å². The van der Waals surface area contributed by atoms with Crippen molar-refractivity contribution in [2.75, 3.05) is 11.9 Å². The average molecular weight is 290 g/mol. The van der Waals surface area contributed by atoms with Gasteiger partial charge in [0.15, 0.2) is 5.82 Å². The maximum absolute atomic E-state index is 4.48. The second-order valence-corrected chi connectivity index (χ2v) is 5.89. The summed E-state index contributed by atoms with van der Waals surface area (Å²) >= 11 is 0. The number of hydrogen-bond donors (Lipinski definition) is 1. The molecule has 4 rings (SSSR count). The maximum atomic E-state index is 4.48. The molecule has 0 fully saturated rings. The Hall–Kier alpha value is -2.62. The molecule has 0 radical (unpaired) electrons. The zero-order chi connectivity index (χ0) is 15.1. The van der Waals surface area contributed by atoms with Crippen molar-refractivity contribution >= 4 is 5.69 Å². The van der Waals surface area contributed by atoms with E-state index in [1.807, 2.05) is 18.2 Å². The zero-order valence-electron chi connectivity index (χ0n) is 12.7. The first kappa shape index (κ1) is 13.1. The summed E-state index contributed by atoms with van der Waals surface area (Å²) in [6, 6.07) is 16.7. The molecule has 0 aliphatic carbocycles. The molecule has 3 aromatic rings. The number of aromatic nitrogens is 3. The van der Waals surface area contributed by atoms with Crippen molar-refractivity contribution in [3.63, 3.8) is 0 Å². The first-order valence-electron chi connectivity index (χ1n) is 7.59. The standard InChI is InChI=1S/C18H18N4/c1-12-8-9-15-16(10-12)22-17(13(2)11-19-15)20-21-18(22)14-6-4-3-5-7-14/h3-10,13,19H,11H2,1-2H3/t13-/m0/s1. The second kappa shape index (κ2) is 4.98. The van der Waals surface area contributed by atoms with Gasteiger partial charge in [0, 0.05) is 18.0 Å². The van der Waals surface area contributed by atoms with E-state index in [4.69, 9.17) is 0 Å². The Morgan fingerprint density at radius 3 is 2.73 bits per heavy atom. The molecule has 1 aromatic heterocycles. The fraction of sp³-hybridized carbons (Fsp3) is 0.222. The third kappa shape index (κ3) is 1.99. The van der Waals surface area contributed by atoms with E-state index in [1.165, 1.54) is 5.56 Å². The van der Waals surface area contributed by atoms with Gasteiger partial charge in [-0.25, -0.2) is 0 Å². The highest BCUT2D eigenvalue weighted by atomic mass is 15.3. The summed E-state index contributed by atoms with van der Waals surface area (Å²) in [6.45, 7) is 5.16. The van der Waals surface area contributed by atoms with Crippen LogP contribution in [-0.4, -0.2) is 21.3 Å². The van der Waals surface area contributed by atoms with E-state index in [2.05, 4.69) is 64.3 Å². The molecule has 4 nitrogen and oxygen atoms in total. The fourth-order valence-electron chi connectivity index (χ4n) is 2.96. The van der Waals surface area contributed by atoms with Crippen molar-refractivity contribution in [1.29, 1.82) is 0 Å². The predicted octanol–water partition coefficient (Wildman–Crippen LogP) is 3.77. The minimum absolute atomic E-state index is 0.303. The summed E-state index contributed by atoms with van der Waals surface area (Å²) in [5.41, 5.74) is 4.58. The van der Waals surface area contributed by atoms with Crippen LogP contribution in [-0.2, 0) is 0 Å². The molecule has 1 aliphatic heterocycles. The van der Waals surface area contributed by atoms with Crippen molar-refractivity contribution in [2.45, 2.75) is 19.8 Å². The first-order chi connectivity index (χ1) is 10.7. The first-order valence-corrected chi connectivity index (χ1v) is 7.59. The molecule has 2 heterocycles. The lowest BCUT2D eigenvalue weighted by molar-refractivity contribution is 0.725. The number of rotatable bonds is 1. The van der Waals surface area contributed by atoms with Crippen LogP contribution in [0.3, 0.4) is 0 Å². The molecule has 0 bridgehead atoms. The molecular weight excluding hydrogens is 272 g/mol. The summed E-state index contributed by atoms with van der Waals surface area (Å²) in [7, 11) is 0. The predicted molar refractivity (Wildman–Crippen MR) is 88.4 cm³/mol. The van der Waals surface area contributed by atoms with Gasteiger partial charge in [0.25, 0.3) is 0 Å². The van der Waals surface area contributed by atoms with Crippen molar-refractivity contribution < 1.29 is 0 Å². The highest BCUT2D eigenvalue weighted by molar-refractivity contribution is 5.68. The van der Waals surface area contributed by atoms with E-state index < -0.39 is 0 Å². The van der Waals surface area contributed by atoms with E-state index in [0.717, 1.165) is 35.1 Å². The van der Waals surface area contributed by atoms with E-state index in [0.29, 0.717) is 5.92 Å². The van der Waals surface area contributed by atoms with Gasteiger partial charge in [0.2, 0.25) is 0 Å². The average Bonchev–Trinajstić information content (AvgIpc) is 2.94. The molecule has 0 amide bonds. The number of fused-ring (bicyclic) bond motifs is 3. The summed E-state index contributed by atoms with van der Waals surface area (Å²) in [5.74, 6) is 2.21. The van der Waals surface area contributed by atoms with Gasteiger partial charge in [0.05, 0.1) is 11.4 Å². The molecule has 4 heteroatoms. The van der Waals surface area contributed by atoms with E-state index in [-0.39, 0.29) is 0 Å². The van der Waals surface area contributed by atoms with Crippen LogP contribution in [0.25, 0.3) is 17.1 Å². The molecule has 1 N–H and O–H groups in total. The van der Waals surface area contributed by atoms with E-state index >= 15 is 0 Å². The number of nitrogens with zero attached hydrogens (tertiary/aromatic N) is 3. The lowest BCUT2D eigenvalue weighted by Gasteiger charge is -2.13. The number of benzene rings is 2. The highest BCUT2D eigenvalue weighted by Crippen LogP contribution is 2.33. The largest absolute Gasteiger partial charge is 0.383 e. The van der Waals surface area contributed by atoms with Crippen LogP contribution >= 0.6 is 0 Å². The van der Waals surface area contributed by atoms with Gasteiger partial charge >= 0.3 is 0 Å². The monoisotopic (exact) mass is 290 g/mol. The Morgan fingerprint density at radius 2 is 1.91 bits per heavy atom. The Morgan fingerprint density at radius 1 is 1.09 bits per heavy atom. The van der Waals surface area contributed by atoms with Gasteiger partial charge in [-0.2, -0.15) is 0 Å². The van der Waals surface area contributed by atoms with Crippen LogP contribution in [0.5, 0.6) is 0 Å². The Balaban J connectivity index is 2.01. The summed E-state index contributed by atoms with van der Waals surface area (Å²) in [6.07, 6.45) is 0. The van der Waals surface area contributed by atoms with Gasteiger partial charge in [-0.1, -0.05) is 43.3 Å². The SMILES string of the molecule is Cc1ccc2c(c1)-n1c(-c3ccccc3)nnc1[C@@H](C)CN2. The molecule has 2 aromatic carbocycles. The second-order valence-electron chi connectivity index (χ2n) is 5.89. The van der Waals surface area contributed by atoms with Crippen LogP contribution < -0.4 is 5.32 Å². The van der Waals surface area contributed by atoms with Crippen molar-refractivity contribution in [3.05, 3.63) is 59.9 Å². The Kier molecular flexibility index (Phi) is 2.96. The van der Waals surface area contributed by atoms with Crippen molar-refractivity contribution in [1.82, 2.24) is 14.8 Å². The van der Waals surface area contributed by atoms with Crippen molar-refractivity contribution in [3.8, 4) is 17.1 Å². The molecule has 0 unspecified atom stereocenters. The third-order valence-electron chi connectivity index (χ3n) is 4.15. The lowest BCUT2D eigenvalue weighted by atomic mass is 10.1. The molecule has 0 saturated carbocycles. The smallest absolute Gasteiger partial charge is 0.168 e. The zero-order valence-corrected chi connectivity index (χ0v) is 12.7. The molecule has 110 valence electrons. The van der Waals surface area contributed by atoms with Crippen LogP contribution in [0, 0.1) is 6.92 Å². The molecule has 1 atom stereocenters. The fourth-order valence-corrected chi connectivity index (χ4v) is 2.96. The Bertz CT molecular complexity index is 820. The number of aryl methyl sites for hydroxylation is 1. The molecule has 1 aliphatic rings. The number of nitrogens with one attached hydrogen (secondary N) is 1. The van der Waals surface area contributed by atoms with E-state index in [9.17, 15) is 0 Å². The molecule has 0 spiro atoms. The molecular formula is C18H18N4. The van der Waals surface area contributed by atoms with Crippen LogP contribution in [0.1, 0.15) is 24.2 Å². The topological polar surface area (TPSA) is 42.7 Å². The van der Waals surface area contributed by atoms with Gasteiger partial charge < -0.3 is 5.32 Å². The normalized spacial score (nSPS) is 16.4. The summed E-state index contributed by atoms with van der Waals surface area (Å²) in [4.78, 5) is 0. The quantitative estimate of drug-likeness (QED) is 0.742. The van der Waals surface area contributed by atoms with Gasteiger partial charge in [-0.3, -0.25) is 4.57 Å². The van der Waals surface area contributed by atoms with Crippen LogP contribution in [0.4, 0.5) is 5.69 Å². The highest BCUT2D eigenvalue weighted by Gasteiger charge is 2.24. The maximum Gasteiger partial charge on any atom is 0.168 e. The minimum atomic E-state index is 0.303.